The first-order valence-corrected chi connectivity index (χ1v) is 12.7. The van der Waals surface area contributed by atoms with Gasteiger partial charge in [-0.15, -0.1) is 0 Å². The van der Waals surface area contributed by atoms with E-state index in [1.54, 1.807) is 29.2 Å². The molecule has 2 N–H and O–H groups in total. The molecular weight excluding hydrogens is 499 g/mol. The van der Waals surface area contributed by atoms with Gasteiger partial charge in [-0.25, -0.2) is 4.39 Å². The van der Waals surface area contributed by atoms with Crippen LogP contribution in [0.1, 0.15) is 39.6 Å². The zero-order chi connectivity index (χ0) is 26.3. The number of amides is 2. The fourth-order valence-corrected chi connectivity index (χ4v) is 5.41. The molecule has 2 atom stereocenters. The number of aromatic nitrogens is 1. The number of aromatic amines is 1. The number of carbonyl (C=O) groups excluding carboxylic acids is 3. The molecule has 0 aliphatic carbocycles. The molecule has 5 rings (SSSR count). The smallest absolute Gasteiger partial charge is 0.295 e. The number of rotatable bonds is 5. The van der Waals surface area contributed by atoms with Crippen LogP contribution in [0.4, 0.5) is 4.39 Å². The molecule has 2 aliphatic heterocycles. The number of ketones is 1. The normalized spacial score (nSPS) is 20.5. The Labute approximate surface area is 218 Å². The second-order valence-electron chi connectivity index (χ2n) is 9.81. The van der Waals surface area contributed by atoms with Crippen molar-refractivity contribution >= 4 is 40.1 Å². The van der Waals surface area contributed by atoms with Gasteiger partial charge in [0.25, 0.3) is 17.6 Å². The van der Waals surface area contributed by atoms with Crippen LogP contribution >= 0.6 is 11.6 Å². The molecule has 0 radical (unpaired) electrons. The van der Waals surface area contributed by atoms with E-state index in [0.717, 1.165) is 5.56 Å². The molecular formula is C27H28ClFN4O4. The van der Waals surface area contributed by atoms with Crippen molar-refractivity contribution < 1.29 is 23.9 Å². The molecule has 2 amide bonds. The standard InChI is InChI=1S/C27H28ClFN4O4/c1-16-13-31(14-17-2-4-18(29)5-3-17)8-9-33(16)26(36)21-10-20-22(12-30-24(20)11-23(21)28)25(35)27(37)32-7-6-19(34)15-32/h2-5,10-12,16,19,30,34H,6-9,13-15H2,1H3. The van der Waals surface area contributed by atoms with Gasteiger partial charge in [-0.3, -0.25) is 19.3 Å². The van der Waals surface area contributed by atoms with E-state index >= 15 is 0 Å². The van der Waals surface area contributed by atoms with Crippen molar-refractivity contribution in [2.24, 2.45) is 0 Å². The average molecular weight is 527 g/mol. The largest absolute Gasteiger partial charge is 0.391 e. The van der Waals surface area contributed by atoms with Gasteiger partial charge >= 0.3 is 0 Å². The molecule has 0 spiro atoms. The Morgan fingerprint density at radius 1 is 1.08 bits per heavy atom. The molecule has 3 aromatic rings. The first-order chi connectivity index (χ1) is 17.7. The lowest BCUT2D eigenvalue weighted by molar-refractivity contribution is -0.125. The van der Waals surface area contributed by atoms with E-state index in [4.69, 9.17) is 11.6 Å². The number of β-amino-alcohol motifs (C(OH)–C–C–N with tert-alkyl or cyclic N) is 1. The van der Waals surface area contributed by atoms with Gasteiger partial charge in [-0.1, -0.05) is 23.7 Å². The maximum Gasteiger partial charge on any atom is 0.295 e. The van der Waals surface area contributed by atoms with Gasteiger partial charge in [-0.2, -0.15) is 0 Å². The van der Waals surface area contributed by atoms with Crippen LogP contribution in [-0.2, 0) is 11.3 Å². The molecule has 2 aliphatic rings. The van der Waals surface area contributed by atoms with Crippen molar-refractivity contribution in [2.75, 3.05) is 32.7 Å². The minimum atomic E-state index is -0.691. The van der Waals surface area contributed by atoms with Gasteiger partial charge < -0.3 is 19.9 Å². The molecule has 0 saturated carbocycles. The molecule has 194 valence electrons. The van der Waals surface area contributed by atoms with Gasteiger partial charge in [0.15, 0.2) is 0 Å². The maximum atomic E-state index is 13.5. The number of carbonyl (C=O) groups is 3. The Kier molecular flexibility index (Phi) is 7.02. The summed E-state index contributed by atoms with van der Waals surface area (Å²) in [5.74, 6) is -1.88. The van der Waals surface area contributed by atoms with Crippen molar-refractivity contribution in [3.05, 3.63) is 70.1 Å². The lowest BCUT2D eigenvalue weighted by Crippen LogP contribution is -2.53. The zero-order valence-electron chi connectivity index (χ0n) is 20.4. The van der Waals surface area contributed by atoms with E-state index in [-0.39, 0.29) is 40.5 Å². The van der Waals surface area contributed by atoms with Crippen LogP contribution in [0.15, 0.2) is 42.6 Å². The van der Waals surface area contributed by atoms with Gasteiger partial charge in [0.05, 0.1) is 22.3 Å². The quantitative estimate of drug-likeness (QED) is 0.393. The number of aliphatic hydroxyl groups is 1. The van der Waals surface area contributed by atoms with Crippen molar-refractivity contribution in [1.29, 1.82) is 0 Å². The first-order valence-electron chi connectivity index (χ1n) is 12.3. The van der Waals surface area contributed by atoms with Crippen LogP contribution in [0.5, 0.6) is 0 Å². The number of nitrogens with zero attached hydrogens (tertiary/aromatic N) is 3. The second-order valence-corrected chi connectivity index (χ2v) is 10.2. The number of nitrogens with one attached hydrogen (secondary N) is 1. The molecule has 8 nitrogen and oxygen atoms in total. The summed E-state index contributed by atoms with van der Waals surface area (Å²) in [6.07, 6.45) is 1.27. The van der Waals surface area contributed by atoms with E-state index in [2.05, 4.69) is 9.88 Å². The molecule has 2 aromatic carbocycles. The zero-order valence-corrected chi connectivity index (χ0v) is 21.2. The molecule has 2 fully saturated rings. The van der Waals surface area contributed by atoms with Crippen LogP contribution in [0.3, 0.4) is 0 Å². The summed E-state index contributed by atoms with van der Waals surface area (Å²) < 4.78 is 13.2. The lowest BCUT2D eigenvalue weighted by Gasteiger charge is -2.40. The Hall–Kier alpha value is -3.27. The fourth-order valence-electron chi connectivity index (χ4n) is 5.16. The van der Waals surface area contributed by atoms with Crippen LogP contribution in [0.25, 0.3) is 10.9 Å². The van der Waals surface area contributed by atoms with Gasteiger partial charge in [0.1, 0.15) is 5.82 Å². The second kappa shape index (κ2) is 10.2. The van der Waals surface area contributed by atoms with Gasteiger partial charge in [0.2, 0.25) is 0 Å². The third-order valence-electron chi connectivity index (χ3n) is 7.18. The highest BCUT2D eigenvalue weighted by Gasteiger charge is 2.32. The highest BCUT2D eigenvalue weighted by molar-refractivity contribution is 6.45. The first kappa shape index (κ1) is 25.4. The van der Waals surface area contributed by atoms with E-state index in [1.165, 1.54) is 23.2 Å². The monoisotopic (exact) mass is 526 g/mol. The van der Waals surface area contributed by atoms with Crippen LogP contribution in [0, 0.1) is 5.82 Å². The molecule has 37 heavy (non-hydrogen) atoms. The number of hydrogen-bond acceptors (Lipinski definition) is 5. The van der Waals surface area contributed by atoms with Crippen LogP contribution < -0.4 is 0 Å². The number of Topliss-reactive ketones (excluding diaryl/α,β-unsaturated/α-hetero) is 1. The minimum Gasteiger partial charge on any atom is -0.391 e. The summed E-state index contributed by atoms with van der Waals surface area (Å²) >= 11 is 6.49. The summed E-state index contributed by atoms with van der Waals surface area (Å²) in [7, 11) is 0. The fraction of sp³-hybridized carbons (Fsp3) is 0.370. The molecule has 2 saturated heterocycles. The lowest BCUT2D eigenvalue weighted by atomic mass is 10.0. The van der Waals surface area contributed by atoms with E-state index < -0.39 is 17.8 Å². The van der Waals surface area contributed by atoms with Crippen LogP contribution in [-0.4, -0.2) is 87.3 Å². The highest BCUT2D eigenvalue weighted by atomic mass is 35.5. The van der Waals surface area contributed by atoms with Crippen LogP contribution in [0.2, 0.25) is 5.02 Å². The number of aliphatic hydroxyl groups excluding tert-OH is 1. The number of benzene rings is 2. The summed E-state index contributed by atoms with van der Waals surface area (Å²) in [6.45, 7) is 4.88. The van der Waals surface area contributed by atoms with E-state index in [0.29, 0.717) is 50.0 Å². The number of H-pyrrole nitrogens is 1. The number of likely N-dealkylation sites (tertiary alicyclic amines) is 1. The molecule has 3 heterocycles. The van der Waals surface area contributed by atoms with Gasteiger partial charge in [-0.05, 0) is 43.2 Å². The number of halogens is 2. The maximum absolute atomic E-state index is 13.5. The summed E-state index contributed by atoms with van der Waals surface area (Å²) in [6, 6.07) is 9.49. The topological polar surface area (TPSA) is 97.0 Å². The summed E-state index contributed by atoms with van der Waals surface area (Å²) in [5, 5.41) is 10.4. The third-order valence-corrected chi connectivity index (χ3v) is 7.49. The molecule has 1 aromatic heterocycles. The van der Waals surface area contributed by atoms with Crippen molar-refractivity contribution in [1.82, 2.24) is 19.7 Å². The highest BCUT2D eigenvalue weighted by Crippen LogP contribution is 2.29. The predicted molar refractivity (Wildman–Crippen MR) is 137 cm³/mol. The molecule has 0 bridgehead atoms. The van der Waals surface area contributed by atoms with Crippen molar-refractivity contribution in [2.45, 2.75) is 32.0 Å². The Morgan fingerprint density at radius 3 is 2.51 bits per heavy atom. The Morgan fingerprint density at radius 2 is 1.84 bits per heavy atom. The summed E-state index contributed by atoms with van der Waals surface area (Å²) in [4.78, 5) is 47.5. The Bertz CT molecular complexity index is 1360. The number of fused-ring (bicyclic) bond motifs is 1. The Balaban J connectivity index is 1.33. The third kappa shape index (κ3) is 5.12. The number of piperazine rings is 1. The SMILES string of the molecule is CC1CN(Cc2ccc(F)cc2)CCN1C(=O)c1cc2c(C(=O)C(=O)N3CCC(O)C3)c[nH]c2cc1Cl. The van der Waals surface area contributed by atoms with E-state index in [9.17, 15) is 23.9 Å². The molecule has 2 unspecified atom stereocenters. The van der Waals surface area contributed by atoms with Crippen molar-refractivity contribution in [3.63, 3.8) is 0 Å². The predicted octanol–water partition coefficient (Wildman–Crippen LogP) is 3.08. The number of hydrogen-bond donors (Lipinski definition) is 2. The molecule has 10 heteroatoms. The van der Waals surface area contributed by atoms with Crippen molar-refractivity contribution in [3.8, 4) is 0 Å². The van der Waals surface area contributed by atoms with E-state index in [1.807, 2.05) is 6.92 Å². The van der Waals surface area contributed by atoms with Gasteiger partial charge in [0, 0.05) is 62.4 Å². The average Bonchev–Trinajstić information content (AvgIpc) is 3.49. The minimum absolute atomic E-state index is 0.0936. The summed E-state index contributed by atoms with van der Waals surface area (Å²) in [5.41, 5.74) is 2.00.